The van der Waals surface area contributed by atoms with E-state index in [9.17, 15) is 14.7 Å². The fourth-order valence-electron chi connectivity index (χ4n) is 2.51. The summed E-state index contributed by atoms with van der Waals surface area (Å²) in [5.74, 6) is -1.02. The first-order valence-electron chi connectivity index (χ1n) is 6.99. The molecule has 0 saturated heterocycles. The molecule has 20 heavy (non-hydrogen) atoms. The highest BCUT2D eigenvalue weighted by atomic mass is 16.4. The molecule has 0 bridgehead atoms. The minimum Gasteiger partial charge on any atom is -0.480 e. The van der Waals surface area contributed by atoms with Gasteiger partial charge >= 0.3 is 12.0 Å². The van der Waals surface area contributed by atoms with Gasteiger partial charge in [0, 0.05) is 12.5 Å². The summed E-state index contributed by atoms with van der Waals surface area (Å²) in [5.41, 5.74) is 0.890. The molecule has 0 unspecified atom stereocenters. The number of hydrogen-bond acceptors (Lipinski definition) is 2. The largest absolute Gasteiger partial charge is 0.480 e. The van der Waals surface area contributed by atoms with Gasteiger partial charge in [0.1, 0.15) is 6.04 Å². The summed E-state index contributed by atoms with van der Waals surface area (Å²) in [6, 6.07) is 8.18. The van der Waals surface area contributed by atoms with Crippen molar-refractivity contribution in [3.8, 4) is 0 Å². The molecule has 1 aliphatic rings. The molecule has 5 nitrogen and oxygen atoms in total. The summed E-state index contributed by atoms with van der Waals surface area (Å²) in [7, 11) is 0. The third kappa shape index (κ3) is 4.26. The summed E-state index contributed by atoms with van der Waals surface area (Å²) >= 11 is 0. The average molecular weight is 276 g/mol. The zero-order valence-electron chi connectivity index (χ0n) is 11.3. The molecule has 0 aromatic heterocycles. The molecule has 2 amide bonds. The van der Waals surface area contributed by atoms with Crippen LogP contribution in [0.4, 0.5) is 4.79 Å². The summed E-state index contributed by atoms with van der Waals surface area (Å²) < 4.78 is 0. The average Bonchev–Trinajstić information content (AvgIpc) is 2.92. The molecule has 2 rings (SSSR count). The van der Waals surface area contributed by atoms with Crippen LogP contribution in [-0.2, 0) is 11.2 Å². The van der Waals surface area contributed by atoms with Crippen molar-refractivity contribution in [1.82, 2.24) is 10.6 Å². The zero-order valence-corrected chi connectivity index (χ0v) is 11.3. The van der Waals surface area contributed by atoms with E-state index in [0.717, 1.165) is 31.2 Å². The Morgan fingerprint density at radius 2 is 1.85 bits per heavy atom. The van der Waals surface area contributed by atoms with Gasteiger partial charge in [0.05, 0.1) is 0 Å². The number of carboxylic acid groups (broad SMARTS) is 1. The van der Waals surface area contributed by atoms with Crippen molar-refractivity contribution in [3.63, 3.8) is 0 Å². The van der Waals surface area contributed by atoms with Gasteiger partial charge in [-0.25, -0.2) is 9.59 Å². The first-order valence-corrected chi connectivity index (χ1v) is 6.99. The van der Waals surface area contributed by atoms with Crippen molar-refractivity contribution in [2.24, 2.45) is 0 Å². The molecular weight excluding hydrogens is 256 g/mol. The Morgan fingerprint density at radius 1 is 1.20 bits per heavy atom. The molecule has 0 heterocycles. The maximum atomic E-state index is 11.8. The number of rotatable bonds is 5. The second kappa shape index (κ2) is 6.93. The predicted octanol–water partition coefficient (Wildman–Crippen LogP) is 1.92. The van der Waals surface area contributed by atoms with Crippen LogP contribution in [0.25, 0.3) is 0 Å². The number of aliphatic carboxylic acids is 1. The Balaban J connectivity index is 1.88. The van der Waals surface area contributed by atoms with Gasteiger partial charge in [-0.2, -0.15) is 0 Å². The van der Waals surface area contributed by atoms with Crippen LogP contribution in [-0.4, -0.2) is 29.2 Å². The highest BCUT2D eigenvalue weighted by Crippen LogP contribution is 2.17. The highest BCUT2D eigenvalue weighted by molar-refractivity contribution is 5.82. The quantitative estimate of drug-likeness (QED) is 0.769. The van der Waals surface area contributed by atoms with Crippen molar-refractivity contribution < 1.29 is 14.7 Å². The van der Waals surface area contributed by atoms with Crippen LogP contribution < -0.4 is 10.6 Å². The standard InChI is InChI=1S/C15H20N2O3/c18-14(19)13(10-11-6-2-1-3-7-11)17-15(20)16-12-8-4-5-9-12/h1-3,6-7,12-13H,4-5,8-10H2,(H,18,19)(H2,16,17,20)/t13-/m0/s1. The Bertz CT molecular complexity index is 455. The number of benzene rings is 1. The first kappa shape index (κ1) is 14.4. The second-order valence-electron chi connectivity index (χ2n) is 5.18. The van der Waals surface area contributed by atoms with E-state index in [4.69, 9.17) is 0 Å². The SMILES string of the molecule is O=C(NC1CCCC1)N[C@@H](Cc1ccccc1)C(=O)O. The van der Waals surface area contributed by atoms with Crippen LogP contribution >= 0.6 is 0 Å². The topological polar surface area (TPSA) is 78.4 Å². The normalized spacial score (nSPS) is 16.6. The number of amides is 2. The first-order chi connectivity index (χ1) is 9.65. The molecule has 0 aliphatic heterocycles. The van der Waals surface area contributed by atoms with Crippen molar-refractivity contribution in [1.29, 1.82) is 0 Å². The summed E-state index contributed by atoms with van der Waals surface area (Å²) in [6.45, 7) is 0. The van der Waals surface area contributed by atoms with Crippen LogP contribution in [0.1, 0.15) is 31.2 Å². The maximum Gasteiger partial charge on any atom is 0.326 e. The van der Waals surface area contributed by atoms with E-state index in [2.05, 4.69) is 10.6 Å². The van der Waals surface area contributed by atoms with E-state index < -0.39 is 12.0 Å². The number of nitrogens with one attached hydrogen (secondary N) is 2. The summed E-state index contributed by atoms with van der Waals surface area (Å²) in [4.78, 5) is 23.1. The van der Waals surface area contributed by atoms with Crippen molar-refractivity contribution in [2.75, 3.05) is 0 Å². The molecule has 5 heteroatoms. The van der Waals surface area contributed by atoms with E-state index in [1.54, 1.807) is 0 Å². The van der Waals surface area contributed by atoms with Crippen LogP contribution in [0.3, 0.4) is 0 Å². The summed E-state index contributed by atoms with van der Waals surface area (Å²) in [5, 5.41) is 14.6. The minimum atomic E-state index is -1.02. The Kier molecular flexibility index (Phi) is 4.98. The Morgan fingerprint density at radius 3 is 2.45 bits per heavy atom. The Hall–Kier alpha value is -2.04. The third-order valence-electron chi connectivity index (χ3n) is 3.58. The molecule has 0 radical (unpaired) electrons. The lowest BCUT2D eigenvalue weighted by atomic mass is 10.1. The fourth-order valence-corrected chi connectivity index (χ4v) is 2.51. The van der Waals surface area contributed by atoms with Gasteiger partial charge in [-0.05, 0) is 18.4 Å². The molecule has 1 aromatic carbocycles. The lowest BCUT2D eigenvalue weighted by Crippen LogP contribution is -2.49. The van der Waals surface area contributed by atoms with E-state index >= 15 is 0 Å². The van der Waals surface area contributed by atoms with Gasteiger partial charge in [0.2, 0.25) is 0 Å². The molecule has 1 aromatic rings. The van der Waals surface area contributed by atoms with Crippen LogP contribution in [0, 0.1) is 0 Å². The monoisotopic (exact) mass is 276 g/mol. The molecule has 108 valence electrons. The molecular formula is C15H20N2O3. The Labute approximate surface area is 118 Å². The van der Waals surface area contributed by atoms with Crippen molar-refractivity contribution in [3.05, 3.63) is 35.9 Å². The maximum absolute atomic E-state index is 11.8. The minimum absolute atomic E-state index is 0.182. The molecule has 1 fully saturated rings. The third-order valence-corrected chi connectivity index (χ3v) is 3.58. The lowest BCUT2D eigenvalue weighted by molar-refractivity contribution is -0.139. The number of carbonyl (C=O) groups excluding carboxylic acids is 1. The molecule has 1 aliphatic carbocycles. The van der Waals surface area contributed by atoms with Crippen molar-refractivity contribution >= 4 is 12.0 Å². The van der Waals surface area contributed by atoms with Gasteiger partial charge in [0.15, 0.2) is 0 Å². The molecule has 0 spiro atoms. The molecule has 1 saturated carbocycles. The molecule has 3 N–H and O–H groups in total. The number of carbonyl (C=O) groups is 2. The lowest BCUT2D eigenvalue weighted by Gasteiger charge is -2.18. The van der Waals surface area contributed by atoms with E-state index in [-0.39, 0.29) is 18.5 Å². The van der Waals surface area contributed by atoms with Gasteiger partial charge in [-0.15, -0.1) is 0 Å². The van der Waals surface area contributed by atoms with Crippen LogP contribution in [0.15, 0.2) is 30.3 Å². The second-order valence-corrected chi connectivity index (χ2v) is 5.18. The van der Waals surface area contributed by atoms with Crippen molar-refractivity contribution in [2.45, 2.75) is 44.2 Å². The number of carboxylic acids is 1. The van der Waals surface area contributed by atoms with Crippen LogP contribution in [0.5, 0.6) is 0 Å². The van der Waals surface area contributed by atoms with Crippen LogP contribution in [0.2, 0.25) is 0 Å². The number of hydrogen-bond donors (Lipinski definition) is 3. The predicted molar refractivity (Wildman–Crippen MR) is 75.5 cm³/mol. The zero-order chi connectivity index (χ0) is 14.4. The van der Waals surface area contributed by atoms with E-state index in [1.165, 1.54) is 0 Å². The summed E-state index contributed by atoms with van der Waals surface area (Å²) in [6.07, 6.45) is 4.48. The van der Waals surface area contributed by atoms with E-state index in [1.807, 2.05) is 30.3 Å². The van der Waals surface area contributed by atoms with Gasteiger partial charge in [-0.1, -0.05) is 43.2 Å². The number of urea groups is 1. The smallest absolute Gasteiger partial charge is 0.326 e. The van der Waals surface area contributed by atoms with Gasteiger partial charge in [0.25, 0.3) is 0 Å². The van der Waals surface area contributed by atoms with Gasteiger partial charge in [-0.3, -0.25) is 0 Å². The molecule has 1 atom stereocenters. The van der Waals surface area contributed by atoms with E-state index in [0.29, 0.717) is 0 Å². The van der Waals surface area contributed by atoms with Gasteiger partial charge < -0.3 is 15.7 Å². The highest BCUT2D eigenvalue weighted by Gasteiger charge is 2.23. The fraction of sp³-hybridized carbons (Fsp3) is 0.467.